The number of hydrogen-bond acceptors (Lipinski definition) is 4. The maximum atomic E-state index is 12.4. The van der Waals surface area contributed by atoms with E-state index in [1.54, 1.807) is 4.31 Å². The third-order valence-corrected chi connectivity index (χ3v) is 7.06. The van der Waals surface area contributed by atoms with Crippen molar-refractivity contribution in [1.82, 2.24) is 14.5 Å². The van der Waals surface area contributed by atoms with E-state index in [2.05, 4.69) is 22.1 Å². The Morgan fingerprint density at radius 2 is 2.00 bits per heavy atom. The van der Waals surface area contributed by atoms with Crippen molar-refractivity contribution in [2.24, 2.45) is 10.9 Å². The molecule has 9 heteroatoms. The fourth-order valence-electron chi connectivity index (χ4n) is 3.03. The molecule has 0 spiro atoms. The molecule has 0 amide bonds. The molecule has 0 radical (unpaired) electrons. The summed E-state index contributed by atoms with van der Waals surface area (Å²) in [6.45, 7) is 8.73. The van der Waals surface area contributed by atoms with Gasteiger partial charge in [0.25, 0.3) is 0 Å². The summed E-state index contributed by atoms with van der Waals surface area (Å²) in [7, 11) is -3.17. The van der Waals surface area contributed by atoms with Gasteiger partial charge in [0.15, 0.2) is 5.96 Å². The van der Waals surface area contributed by atoms with E-state index < -0.39 is 10.0 Å². The van der Waals surface area contributed by atoms with Crippen molar-refractivity contribution < 1.29 is 8.42 Å². The predicted octanol–water partition coefficient (Wildman–Crippen LogP) is 1.68. The summed E-state index contributed by atoms with van der Waals surface area (Å²) < 4.78 is 26.4. The molecule has 2 heterocycles. The van der Waals surface area contributed by atoms with Crippen molar-refractivity contribution in [3.8, 4) is 0 Å². The normalized spacial score (nSPS) is 23.7. The van der Waals surface area contributed by atoms with Gasteiger partial charge in [0, 0.05) is 44.2 Å². The van der Waals surface area contributed by atoms with Crippen molar-refractivity contribution in [3.63, 3.8) is 0 Å². The molecule has 0 aromatic carbocycles. The summed E-state index contributed by atoms with van der Waals surface area (Å²) in [6, 6.07) is 0. The van der Waals surface area contributed by atoms with Crippen LogP contribution in [0.25, 0.3) is 0 Å². The summed E-state index contributed by atoms with van der Waals surface area (Å²) in [5.74, 6) is 3.44. The molecule has 0 aliphatic carbocycles. The van der Waals surface area contributed by atoms with Gasteiger partial charge in [-0.25, -0.2) is 12.7 Å². The Bertz CT molecular complexity index is 496. The fourth-order valence-corrected chi connectivity index (χ4v) is 5.48. The molecule has 0 bridgehead atoms. The molecule has 2 saturated heterocycles. The van der Waals surface area contributed by atoms with Crippen molar-refractivity contribution in [3.05, 3.63) is 0 Å². The van der Waals surface area contributed by atoms with Crippen LogP contribution in [0.5, 0.6) is 0 Å². The fraction of sp³-hybridized carbons (Fsp3) is 0.933. The largest absolute Gasteiger partial charge is 0.357 e. The molecule has 1 atom stereocenters. The summed E-state index contributed by atoms with van der Waals surface area (Å²) in [6.07, 6.45) is 2.44. The molecular formula is C15H31IN4O2S2. The summed E-state index contributed by atoms with van der Waals surface area (Å²) in [4.78, 5) is 6.84. The quantitative estimate of drug-likeness (QED) is 0.361. The van der Waals surface area contributed by atoms with Gasteiger partial charge in [-0.1, -0.05) is 6.92 Å². The molecule has 142 valence electrons. The summed E-state index contributed by atoms with van der Waals surface area (Å²) in [5.41, 5.74) is 0. The molecule has 0 aromatic heterocycles. The Labute approximate surface area is 168 Å². The van der Waals surface area contributed by atoms with Crippen LogP contribution < -0.4 is 5.32 Å². The standard InChI is InChI=1S/C15H30N4O2S2.HI/c1-3-16-15(18-7-4-5-14(2)13-18)17-6-12-23(20,21)19-8-10-22-11-9-19;/h14H,3-13H2,1-2H3,(H,16,17);1H. The first-order chi connectivity index (χ1) is 11.0. The number of rotatable bonds is 5. The van der Waals surface area contributed by atoms with Gasteiger partial charge in [-0.2, -0.15) is 11.8 Å². The Kier molecular flexibility index (Phi) is 10.3. The lowest BCUT2D eigenvalue weighted by Gasteiger charge is -2.33. The molecule has 1 unspecified atom stereocenters. The first kappa shape index (κ1) is 22.3. The molecule has 1 N–H and O–H groups in total. The van der Waals surface area contributed by atoms with Crippen LogP contribution in [0.1, 0.15) is 26.7 Å². The minimum atomic E-state index is -3.17. The zero-order valence-corrected chi connectivity index (χ0v) is 18.7. The first-order valence-corrected chi connectivity index (χ1v) is 11.4. The van der Waals surface area contributed by atoms with Crippen LogP contribution in [-0.4, -0.2) is 80.1 Å². The van der Waals surface area contributed by atoms with E-state index in [0.29, 0.717) is 25.6 Å². The summed E-state index contributed by atoms with van der Waals surface area (Å²) in [5, 5.41) is 3.30. The van der Waals surface area contributed by atoms with E-state index in [9.17, 15) is 8.42 Å². The van der Waals surface area contributed by atoms with Crippen molar-refractivity contribution in [2.75, 3.05) is 56.5 Å². The molecular weight excluding hydrogens is 459 g/mol. The molecule has 24 heavy (non-hydrogen) atoms. The number of thioether (sulfide) groups is 1. The predicted molar refractivity (Wildman–Crippen MR) is 114 cm³/mol. The van der Waals surface area contributed by atoms with Crippen molar-refractivity contribution >= 4 is 51.7 Å². The van der Waals surface area contributed by atoms with Crippen LogP contribution in [0.4, 0.5) is 0 Å². The lowest BCUT2D eigenvalue weighted by molar-refractivity contribution is 0.266. The number of likely N-dealkylation sites (tertiary alicyclic amines) is 1. The lowest BCUT2D eigenvalue weighted by Crippen LogP contribution is -2.46. The number of hydrogen-bond donors (Lipinski definition) is 1. The topological polar surface area (TPSA) is 65.0 Å². The second-order valence-corrected chi connectivity index (χ2v) is 9.57. The second kappa shape index (κ2) is 11.1. The molecule has 6 nitrogen and oxygen atoms in total. The Hall–Kier alpha value is 0.260. The van der Waals surface area contributed by atoms with E-state index in [0.717, 1.165) is 37.1 Å². The van der Waals surface area contributed by atoms with Gasteiger partial charge in [-0.3, -0.25) is 4.99 Å². The maximum absolute atomic E-state index is 12.4. The van der Waals surface area contributed by atoms with Crippen LogP contribution in [0.15, 0.2) is 4.99 Å². The smallest absolute Gasteiger partial charge is 0.215 e. The number of nitrogens with zero attached hydrogens (tertiary/aromatic N) is 3. The van der Waals surface area contributed by atoms with Crippen LogP contribution in [0.3, 0.4) is 0 Å². The zero-order chi connectivity index (χ0) is 16.7. The highest BCUT2D eigenvalue weighted by molar-refractivity contribution is 14.0. The highest BCUT2D eigenvalue weighted by atomic mass is 127. The minimum Gasteiger partial charge on any atom is -0.357 e. The third kappa shape index (κ3) is 6.87. The summed E-state index contributed by atoms with van der Waals surface area (Å²) >= 11 is 1.82. The first-order valence-electron chi connectivity index (χ1n) is 8.61. The average Bonchev–Trinajstić information content (AvgIpc) is 2.55. The van der Waals surface area contributed by atoms with E-state index >= 15 is 0 Å². The monoisotopic (exact) mass is 490 g/mol. The third-order valence-electron chi connectivity index (χ3n) is 4.27. The van der Waals surface area contributed by atoms with Crippen molar-refractivity contribution in [2.45, 2.75) is 26.7 Å². The maximum Gasteiger partial charge on any atom is 0.215 e. The SMILES string of the molecule is CCNC(=NCCS(=O)(=O)N1CCSCC1)N1CCCC(C)C1.I. The number of nitrogens with one attached hydrogen (secondary N) is 1. The zero-order valence-electron chi connectivity index (χ0n) is 14.7. The van der Waals surface area contributed by atoms with Gasteiger partial charge < -0.3 is 10.2 Å². The number of piperidine rings is 1. The van der Waals surface area contributed by atoms with Gasteiger partial charge in [0.05, 0.1) is 12.3 Å². The molecule has 2 aliphatic heterocycles. The minimum absolute atomic E-state index is 0. The van der Waals surface area contributed by atoms with Crippen molar-refractivity contribution in [1.29, 1.82) is 0 Å². The Balaban J connectivity index is 0.00000288. The number of sulfonamides is 1. The van der Waals surface area contributed by atoms with E-state index in [-0.39, 0.29) is 29.7 Å². The average molecular weight is 490 g/mol. The van der Waals surface area contributed by atoms with E-state index in [1.807, 2.05) is 18.7 Å². The highest BCUT2D eigenvalue weighted by Crippen LogP contribution is 2.16. The van der Waals surface area contributed by atoms with Gasteiger partial charge in [-0.05, 0) is 25.7 Å². The Morgan fingerprint density at radius 3 is 2.62 bits per heavy atom. The molecule has 0 aromatic rings. The number of halogens is 1. The molecule has 0 saturated carbocycles. The van der Waals surface area contributed by atoms with Crippen LogP contribution in [-0.2, 0) is 10.0 Å². The van der Waals surface area contributed by atoms with Gasteiger partial charge >= 0.3 is 0 Å². The highest BCUT2D eigenvalue weighted by Gasteiger charge is 2.24. The Morgan fingerprint density at radius 1 is 1.29 bits per heavy atom. The number of guanidine groups is 1. The molecule has 2 rings (SSSR count). The lowest BCUT2D eigenvalue weighted by atomic mass is 10.0. The van der Waals surface area contributed by atoms with Gasteiger partial charge in [0.2, 0.25) is 10.0 Å². The van der Waals surface area contributed by atoms with Gasteiger partial charge in [-0.15, -0.1) is 24.0 Å². The van der Waals surface area contributed by atoms with E-state index in [1.165, 1.54) is 12.8 Å². The van der Waals surface area contributed by atoms with Crippen LogP contribution >= 0.6 is 35.7 Å². The molecule has 2 aliphatic rings. The number of aliphatic imine (C=N–C) groups is 1. The van der Waals surface area contributed by atoms with Crippen LogP contribution in [0.2, 0.25) is 0 Å². The van der Waals surface area contributed by atoms with Crippen LogP contribution in [0, 0.1) is 5.92 Å². The van der Waals surface area contributed by atoms with Gasteiger partial charge in [0.1, 0.15) is 0 Å². The second-order valence-electron chi connectivity index (χ2n) is 6.26. The molecule has 2 fully saturated rings. The van der Waals surface area contributed by atoms with E-state index in [4.69, 9.17) is 0 Å².